The van der Waals surface area contributed by atoms with Gasteiger partial charge in [-0.2, -0.15) is 0 Å². The number of fused-ring (bicyclic) bond motifs is 1. The van der Waals surface area contributed by atoms with Crippen LogP contribution in [-0.2, 0) is 11.3 Å². The summed E-state index contributed by atoms with van der Waals surface area (Å²) in [4.78, 5) is 22.9. The predicted molar refractivity (Wildman–Crippen MR) is 152 cm³/mol. The van der Waals surface area contributed by atoms with E-state index in [1.54, 1.807) is 0 Å². The minimum absolute atomic E-state index is 0.103. The zero-order chi connectivity index (χ0) is 25.6. The first-order valence-electron chi connectivity index (χ1n) is 14.3. The lowest BCUT2D eigenvalue weighted by molar-refractivity contribution is -0.125. The lowest BCUT2D eigenvalue weighted by Gasteiger charge is -2.32. The Hall–Kier alpha value is -2.86. The van der Waals surface area contributed by atoms with Crippen molar-refractivity contribution in [2.75, 3.05) is 44.2 Å². The van der Waals surface area contributed by atoms with E-state index < -0.39 is 0 Å². The van der Waals surface area contributed by atoms with Crippen molar-refractivity contribution >= 4 is 22.9 Å². The Bertz CT molecular complexity index is 1190. The van der Waals surface area contributed by atoms with Crippen molar-refractivity contribution in [3.05, 3.63) is 59.2 Å². The molecule has 6 heteroatoms. The molecule has 0 radical (unpaired) electrons. The molecule has 1 aromatic heterocycles. The van der Waals surface area contributed by atoms with Gasteiger partial charge in [0.25, 0.3) is 0 Å². The second kappa shape index (κ2) is 12.1. The lowest BCUT2D eigenvalue weighted by Crippen LogP contribution is -2.42. The number of nitrogens with zero attached hydrogens (tertiary/aromatic N) is 4. The highest BCUT2D eigenvalue weighted by Gasteiger charge is 2.27. The van der Waals surface area contributed by atoms with Gasteiger partial charge in [-0.15, -0.1) is 0 Å². The molecule has 0 atom stereocenters. The summed E-state index contributed by atoms with van der Waals surface area (Å²) >= 11 is 0. The van der Waals surface area contributed by atoms with Crippen molar-refractivity contribution in [1.82, 2.24) is 19.8 Å². The summed E-state index contributed by atoms with van der Waals surface area (Å²) in [5.41, 5.74) is 6.12. The van der Waals surface area contributed by atoms with E-state index >= 15 is 0 Å². The zero-order valence-corrected chi connectivity index (χ0v) is 22.7. The number of para-hydroxylation sites is 2. The Labute approximate surface area is 222 Å². The van der Waals surface area contributed by atoms with Crippen LogP contribution in [0.4, 0.5) is 5.95 Å². The van der Waals surface area contributed by atoms with Gasteiger partial charge in [-0.05, 0) is 88.8 Å². The Morgan fingerprint density at radius 2 is 1.73 bits per heavy atom. The number of amides is 1. The number of benzene rings is 2. The summed E-state index contributed by atoms with van der Waals surface area (Å²) in [7, 11) is 0. The zero-order valence-electron chi connectivity index (χ0n) is 22.7. The summed E-state index contributed by atoms with van der Waals surface area (Å²) in [6.07, 6.45) is 8.19. The van der Waals surface area contributed by atoms with Crippen LogP contribution in [0.25, 0.3) is 11.0 Å². The summed E-state index contributed by atoms with van der Waals surface area (Å²) in [6.45, 7) is 11.2. The smallest absolute Gasteiger partial charge is 0.223 e. The number of nitrogens with one attached hydrogen (secondary N) is 1. The molecule has 0 saturated carbocycles. The molecule has 5 rings (SSSR count). The topological polar surface area (TPSA) is 53.4 Å². The van der Waals surface area contributed by atoms with E-state index in [1.165, 1.54) is 61.0 Å². The number of rotatable bonds is 8. The van der Waals surface area contributed by atoms with E-state index in [-0.39, 0.29) is 11.8 Å². The molecule has 1 amide bonds. The maximum Gasteiger partial charge on any atom is 0.223 e. The van der Waals surface area contributed by atoms with E-state index in [9.17, 15) is 4.79 Å². The number of likely N-dealkylation sites (tertiary alicyclic amines) is 1. The highest BCUT2D eigenvalue weighted by molar-refractivity contribution is 5.80. The van der Waals surface area contributed by atoms with Gasteiger partial charge in [-0.1, -0.05) is 48.7 Å². The maximum atomic E-state index is 12.9. The van der Waals surface area contributed by atoms with Gasteiger partial charge in [0, 0.05) is 25.6 Å². The molecule has 3 aromatic rings. The van der Waals surface area contributed by atoms with E-state index in [1.807, 2.05) is 0 Å². The first-order chi connectivity index (χ1) is 18.1. The van der Waals surface area contributed by atoms with E-state index in [2.05, 4.69) is 76.0 Å². The molecule has 3 heterocycles. The van der Waals surface area contributed by atoms with Gasteiger partial charge in [0.05, 0.1) is 17.6 Å². The van der Waals surface area contributed by atoms with Crippen molar-refractivity contribution in [2.45, 2.75) is 65.3 Å². The van der Waals surface area contributed by atoms with E-state index in [4.69, 9.17) is 4.98 Å². The first kappa shape index (κ1) is 25.8. The minimum Gasteiger partial charge on any atom is -0.356 e. The van der Waals surface area contributed by atoms with Gasteiger partial charge < -0.3 is 19.7 Å². The van der Waals surface area contributed by atoms with Crippen LogP contribution in [0, 0.1) is 19.8 Å². The van der Waals surface area contributed by atoms with Crippen LogP contribution in [0.3, 0.4) is 0 Å². The van der Waals surface area contributed by atoms with Crippen molar-refractivity contribution in [3.63, 3.8) is 0 Å². The third-order valence-electron chi connectivity index (χ3n) is 8.27. The molecular formula is C31H43N5O. The van der Waals surface area contributed by atoms with Crippen molar-refractivity contribution in [1.29, 1.82) is 0 Å². The average Bonchev–Trinajstić information content (AvgIpc) is 3.07. The molecule has 2 fully saturated rings. The number of piperidine rings is 1. The van der Waals surface area contributed by atoms with Crippen LogP contribution in [0.15, 0.2) is 42.5 Å². The number of anilines is 1. The molecule has 6 nitrogen and oxygen atoms in total. The molecule has 1 N–H and O–H groups in total. The number of aryl methyl sites for hydroxylation is 2. The molecule has 2 saturated heterocycles. The third-order valence-corrected chi connectivity index (χ3v) is 8.27. The van der Waals surface area contributed by atoms with Gasteiger partial charge in [-0.25, -0.2) is 4.98 Å². The number of hydrogen-bond acceptors (Lipinski definition) is 4. The number of aromatic nitrogens is 2. The van der Waals surface area contributed by atoms with Crippen molar-refractivity contribution in [3.8, 4) is 0 Å². The number of carbonyl (C=O) groups excluding carboxylic acids is 1. The lowest BCUT2D eigenvalue weighted by atomic mass is 9.96. The standard InChI is InChI=1S/C31H43N5O/c1-24-12-13-25(2)27(22-24)23-36-29-11-6-5-10-28(29)33-31(36)35-20-14-26(15-21-35)30(37)32-16-9-19-34-17-7-3-4-8-18-34/h5-6,10-13,22,26H,3-4,7-9,14-21,23H2,1-2H3,(H,32,37). The summed E-state index contributed by atoms with van der Waals surface area (Å²) in [5, 5.41) is 3.23. The van der Waals surface area contributed by atoms with Crippen LogP contribution in [-0.4, -0.2) is 59.6 Å². The molecule has 0 bridgehead atoms. The fraction of sp³-hybridized carbons (Fsp3) is 0.548. The highest BCUT2D eigenvalue weighted by atomic mass is 16.1. The predicted octanol–water partition coefficient (Wildman–Crippen LogP) is 5.30. The van der Waals surface area contributed by atoms with Gasteiger partial charge >= 0.3 is 0 Å². The number of imidazole rings is 1. The Morgan fingerprint density at radius 3 is 2.51 bits per heavy atom. The maximum absolute atomic E-state index is 12.9. The SMILES string of the molecule is Cc1ccc(C)c(Cn2c(N3CCC(C(=O)NCCCN4CCCCCC4)CC3)nc3ccccc32)c1. The second-order valence-corrected chi connectivity index (χ2v) is 11.1. The van der Waals surface area contributed by atoms with Crippen LogP contribution in [0.2, 0.25) is 0 Å². The molecule has 2 aromatic carbocycles. The van der Waals surface area contributed by atoms with Crippen LogP contribution >= 0.6 is 0 Å². The fourth-order valence-corrected chi connectivity index (χ4v) is 5.96. The normalized spacial score (nSPS) is 17.7. The summed E-state index contributed by atoms with van der Waals surface area (Å²) in [6, 6.07) is 15.1. The van der Waals surface area contributed by atoms with Gasteiger partial charge in [-0.3, -0.25) is 4.79 Å². The molecular weight excluding hydrogens is 458 g/mol. The van der Waals surface area contributed by atoms with E-state index in [0.29, 0.717) is 0 Å². The van der Waals surface area contributed by atoms with Crippen LogP contribution in [0.1, 0.15) is 61.6 Å². The van der Waals surface area contributed by atoms with Gasteiger partial charge in [0.1, 0.15) is 0 Å². The molecule has 2 aliphatic rings. The largest absolute Gasteiger partial charge is 0.356 e. The number of hydrogen-bond donors (Lipinski definition) is 1. The fourth-order valence-electron chi connectivity index (χ4n) is 5.96. The molecule has 0 unspecified atom stereocenters. The van der Waals surface area contributed by atoms with Crippen LogP contribution < -0.4 is 10.2 Å². The van der Waals surface area contributed by atoms with E-state index in [0.717, 1.165) is 63.5 Å². The Morgan fingerprint density at radius 1 is 0.973 bits per heavy atom. The molecule has 2 aliphatic heterocycles. The first-order valence-corrected chi connectivity index (χ1v) is 14.3. The summed E-state index contributed by atoms with van der Waals surface area (Å²) < 4.78 is 2.36. The monoisotopic (exact) mass is 501 g/mol. The average molecular weight is 502 g/mol. The number of carbonyl (C=O) groups is 1. The Balaban J connectivity index is 1.19. The van der Waals surface area contributed by atoms with Gasteiger partial charge in [0.2, 0.25) is 11.9 Å². The van der Waals surface area contributed by atoms with Crippen molar-refractivity contribution < 1.29 is 4.79 Å². The molecule has 0 aliphatic carbocycles. The van der Waals surface area contributed by atoms with Gasteiger partial charge in [0.15, 0.2) is 0 Å². The quantitative estimate of drug-likeness (QED) is 0.426. The Kier molecular flexibility index (Phi) is 8.45. The minimum atomic E-state index is 0.103. The highest BCUT2D eigenvalue weighted by Crippen LogP contribution is 2.28. The molecule has 0 spiro atoms. The third kappa shape index (κ3) is 6.35. The second-order valence-electron chi connectivity index (χ2n) is 11.1. The van der Waals surface area contributed by atoms with Crippen LogP contribution in [0.5, 0.6) is 0 Å². The molecule has 198 valence electrons. The van der Waals surface area contributed by atoms with Crippen molar-refractivity contribution in [2.24, 2.45) is 5.92 Å². The summed E-state index contributed by atoms with van der Waals surface area (Å²) in [5.74, 6) is 1.36. The molecule has 37 heavy (non-hydrogen) atoms.